The standard InChI is InChI=1S/C24H32N2O5/c1-16-5-9-20(10-6-16)26(4)23(27)15-30-24(28)13-19-7-11-21(12-8-19)29-14-22-17(2)25-31-18(22)3/h7-8,11-12,16,20H,5-6,9-10,13-15H2,1-4H3. The molecule has 1 aromatic heterocycles. The Hall–Kier alpha value is -2.83. The second-order valence-electron chi connectivity index (χ2n) is 8.49. The Balaban J connectivity index is 1.41. The van der Waals surface area contributed by atoms with Gasteiger partial charge in [-0.2, -0.15) is 0 Å². The van der Waals surface area contributed by atoms with Crippen molar-refractivity contribution in [2.75, 3.05) is 13.7 Å². The van der Waals surface area contributed by atoms with Crippen LogP contribution in [0.5, 0.6) is 5.75 Å². The van der Waals surface area contributed by atoms with Crippen LogP contribution in [0.2, 0.25) is 0 Å². The van der Waals surface area contributed by atoms with Crippen LogP contribution in [0.25, 0.3) is 0 Å². The number of carbonyl (C=O) groups excluding carboxylic acids is 2. The van der Waals surface area contributed by atoms with E-state index in [9.17, 15) is 9.59 Å². The molecule has 0 saturated heterocycles. The van der Waals surface area contributed by atoms with E-state index in [1.54, 1.807) is 11.9 Å². The average molecular weight is 429 g/mol. The second kappa shape index (κ2) is 10.5. The lowest BCUT2D eigenvalue weighted by atomic mass is 9.87. The largest absolute Gasteiger partial charge is 0.489 e. The Labute approximate surface area is 183 Å². The zero-order chi connectivity index (χ0) is 22.4. The summed E-state index contributed by atoms with van der Waals surface area (Å²) in [5, 5.41) is 3.91. The third-order valence-corrected chi connectivity index (χ3v) is 6.12. The average Bonchev–Trinajstić information content (AvgIpc) is 3.09. The van der Waals surface area contributed by atoms with Crippen molar-refractivity contribution in [3.05, 3.63) is 46.8 Å². The summed E-state index contributed by atoms with van der Waals surface area (Å²) in [6.45, 7) is 6.14. The van der Waals surface area contributed by atoms with Gasteiger partial charge in [-0.1, -0.05) is 24.2 Å². The lowest BCUT2D eigenvalue weighted by Crippen LogP contribution is -2.41. The number of esters is 1. The van der Waals surface area contributed by atoms with E-state index in [2.05, 4.69) is 12.1 Å². The molecule has 0 aliphatic heterocycles. The van der Waals surface area contributed by atoms with Gasteiger partial charge in [-0.15, -0.1) is 0 Å². The summed E-state index contributed by atoms with van der Waals surface area (Å²) < 4.78 is 16.1. The van der Waals surface area contributed by atoms with Crippen molar-refractivity contribution in [3.8, 4) is 5.75 Å². The highest BCUT2D eigenvalue weighted by molar-refractivity contribution is 5.81. The quantitative estimate of drug-likeness (QED) is 0.591. The molecule has 1 aliphatic carbocycles. The van der Waals surface area contributed by atoms with Gasteiger partial charge in [-0.05, 0) is 63.1 Å². The minimum absolute atomic E-state index is 0.113. The Morgan fingerprint density at radius 2 is 1.81 bits per heavy atom. The molecule has 1 heterocycles. The zero-order valence-corrected chi connectivity index (χ0v) is 18.8. The first-order valence-electron chi connectivity index (χ1n) is 10.9. The summed E-state index contributed by atoms with van der Waals surface area (Å²) >= 11 is 0. The van der Waals surface area contributed by atoms with E-state index in [4.69, 9.17) is 14.0 Å². The topological polar surface area (TPSA) is 81.9 Å². The number of aromatic nitrogens is 1. The number of ether oxygens (including phenoxy) is 2. The highest BCUT2D eigenvalue weighted by Crippen LogP contribution is 2.26. The van der Waals surface area contributed by atoms with E-state index in [0.717, 1.165) is 54.2 Å². The number of nitrogens with zero attached hydrogens (tertiary/aromatic N) is 2. The molecule has 0 atom stereocenters. The molecule has 1 aliphatic rings. The normalized spacial score (nSPS) is 18.5. The number of carbonyl (C=O) groups is 2. The van der Waals surface area contributed by atoms with Gasteiger partial charge in [0, 0.05) is 13.1 Å². The number of likely N-dealkylation sites (N-methyl/N-ethyl adjacent to an activating group) is 1. The first-order chi connectivity index (χ1) is 14.8. The van der Waals surface area contributed by atoms with Crippen LogP contribution in [0.15, 0.2) is 28.8 Å². The van der Waals surface area contributed by atoms with Gasteiger partial charge in [0.25, 0.3) is 5.91 Å². The van der Waals surface area contributed by atoms with Gasteiger partial charge in [0.2, 0.25) is 0 Å². The van der Waals surface area contributed by atoms with Crippen LogP contribution >= 0.6 is 0 Å². The van der Waals surface area contributed by atoms with Gasteiger partial charge in [-0.3, -0.25) is 9.59 Å². The Morgan fingerprint density at radius 3 is 2.42 bits per heavy atom. The molecule has 1 amide bonds. The molecule has 31 heavy (non-hydrogen) atoms. The minimum Gasteiger partial charge on any atom is -0.489 e. The van der Waals surface area contributed by atoms with Gasteiger partial charge >= 0.3 is 5.97 Å². The van der Waals surface area contributed by atoms with Crippen molar-refractivity contribution >= 4 is 11.9 Å². The molecule has 1 saturated carbocycles. The third kappa shape index (κ3) is 6.32. The number of benzene rings is 1. The number of rotatable bonds is 8. The predicted molar refractivity (Wildman–Crippen MR) is 116 cm³/mol. The SMILES string of the molecule is Cc1noc(C)c1COc1ccc(CC(=O)OCC(=O)N(C)C2CCC(C)CC2)cc1. The smallest absolute Gasteiger partial charge is 0.310 e. The molecule has 0 bridgehead atoms. The maximum atomic E-state index is 12.4. The molecule has 0 spiro atoms. The third-order valence-electron chi connectivity index (χ3n) is 6.12. The first-order valence-corrected chi connectivity index (χ1v) is 10.9. The summed E-state index contributed by atoms with van der Waals surface area (Å²) in [5.74, 6) is 1.61. The van der Waals surface area contributed by atoms with Gasteiger partial charge in [-0.25, -0.2) is 0 Å². The van der Waals surface area contributed by atoms with Crippen LogP contribution in [0.4, 0.5) is 0 Å². The van der Waals surface area contributed by atoms with Gasteiger partial charge < -0.3 is 18.9 Å². The zero-order valence-electron chi connectivity index (χ0n) is 18.8. The monoisotopic (exact) mass is 428 g/mol. The Kier molecular flexibility index (Phi) is 7.71. The number of hydrogen-bond donors (Lipinski definition) is 0. The molecule has 1 aromatic carbocycles. The number of aryl methyl sites for hydroxylation is 2. The molecule has 3 rings (SSSR count). The summed E-state index contributed by atoms with van der Waals surface area (Å²) in [6, 6.07) is 7.51. The fraction of sp³-hybridized carbons (Fsp3) is 0.542. The Bertz CT molecular complexity index is 862. The van der Waals surface area contributed by atoms with E-state index in [-0.39, 0.29) is 25.0 Å². The van der Waals surface area contributed by atoms with Crippen LogP contribution in [0.1, 0.15) is 55.2 Å². The summed E-state index contributed by atoms with van der Waals surface area (Å²) in [6.07, 6.45) is 4.42. The van der Waals surface area contributed by atoms with Crippen molar-refractivity contribution in [2.24, 2.45) is 5.92 Å². The van der Waals surface area contributed by atoms with Crippen molar-refractivity contribution in [1.82, 2.24) is 10.1 Å². The van der Waals surface area contributed by atoms with E-state index in [1.165, 1.54) is 0 Å². The molecule has 0 unspecified atom stereocenters. The summed E-state index contributed by atoms with van der Waals surface area (Å²) in [5.41, 5.74) is 2.55. The molecular weight excluding hydrogens is 396 g/mol. The summed E-state index contributed by atoms with van der Waals surface area (Å²) in [7, 11) is 1.80. The molecule has 7 heteroatoms. The van der Waals surface area contributed by atoms with E-state index >= 15 is 0 Å². The van der Waals surface area contributed by atoms with E-state index in [1.807, 2.05) is 38.1 Å². The molecule has 2 aromatic rings. The lowest BCUT2D eigenvalue weighted by Gasteiger charge is -2.33. The highest BCUT2D eigenvalue weighted by Gasteiger charge is 2.25. The first kappa shape index (κ1) is 22.8. The summed E-state index contributed by atoms with van der Waals surface area (Å²) in [4.78, 5) is 26.3. The van der Waals surface area contributed by atoms with Crippen LogP contribution in [0, 0.1) is 19.8 Å². The van der Waals surface area contributed by atoms with Crippen LogP contribution in [-0.4, -0.2) is 41.6 Å². The predicted octanol–water partition coefficient (Wildman–Crippen LogP) is 3.99. The maximum Gasteiger partial charge on any atom is 0.310 e. The van der Waals surface area contributed by atoms with Crippen molar-refractivity contribution in [2.45, 2.75) is 65.5 Å². The van der Waals surface area contributed by atoms with Gasteiger partial charge in [0.1, 0.15) is 18.1 Å². The molecule has 7 nitrogen and oxygen atoms in total. The molecular formula is C24H32N2O5. The van der Waals surface area contributed by atoms with Crippen LogP contribution < -0.4 is 4.74 Å². The van der Waals surface area contributed by atoms with Crippen molar-refractivity contribution < 1.29 is 23.6 Å². The minimum atomic E-state index is -0.414. The molecule has 0 radical (unpaired) electrons. The number of amides is 1. The van der Waals surface area contributed by atoms with E-state index in [0.29, 0.717) is 12.4 Å². The van der Waals surface area contributed by atoms with Crippen molar-refractivity contribution in [1.29, 1.82) is 0 Å². The van der Waals surface area contributed by atoms with Crippen molar-refractivity contribution in [3.63, 3.8) is 0 Å². The van der Waals surface area contributed by atoms with Crippen LogP contribution in [0.3, 0.4) is 0 Å². The Morgan fingerprint density at radius 1 is 1.13 bits per heavy atom. The van der Waals surface area contributed by atoms with E-state index < -0.39 is 5.97 Å². The fourth-order valence-electron chi connectivity index (χ4n) is 3.86. The fourth-order valence-corrected chi connectivity index (χ4v) is 3.86. The molecule has 0 N–H and O–H groups in total. The maximum absolute atomic E-state index is 12.4. The van der Waals surface area contributed by atoms with Gasteiger partial charge in [0.05, 0.1) is 17.7 Å². The molecule has 168 valence electrons. The second-order valence-corrected chi connectivity index (χ2v) is 8.49. The molecule has 1 fully saturated rings. The van der Waals surface area contributed by atoms with Gasteiger partial charge in [0.15, 0.2) is 6.61 Å². The van der Waals surface area contributed by atoms with Crippen LogP contribution in [-0.2, 0) is 27.4 Å². The lowest BCUT2D eigenvalue weighted by molar-refractivity contribution is -0.152. The highest BCUT2D eigenvalue weighted by atomic mass is 16.5. The number of hydrogen-bond acceptors (Lipinski definition) is 6.